The average molecular weight is 243 g/mol. The van der Waals surface area contributed by atoms with Crippen molar-refractivity contribution in [3.8, 4) is 0 Å². The maximum Gasteiger partial charge on any atom is 0.131 e. The highest BCUT2D eigenvalue weighted by molar-refractivity contribution is 5.21. The summed E-state index contributed by atoms with van der Waals surface area (Å²) in [6, 6.07) is 10.8. The van der Waals surface area contributed by atoms with Crippen LogP contribution in [0.3, 0.4) is 0 Å². The maximum atomic E-state index is 6.12. The van der Waals surface area contributed by atoms with Gasteiger partial charge in [0, 0.05) is 6.04 Å². The Morgan fingerprint density at radius 1 is 1.17 bits per heavy atom. The Kier molecular flexibility index (Phi) is 4.34. The first-order chi connectivity index (χ1) is 8.74. The van der Waals surface area contributed by atoms with E-state index in [9.17, 15) is 0 Å². The normalized spacial score (nSPS) is 29.6. The molecule has 1 aliphatic heterocycles. The topological polar surface area (TPSA) is 12.5 Å². The largest absolute Gasteiger partial charge is 0.350 e. The van der Waals surface area contributed by atoms with Gasteiger partial charge in [-0.3, -0.25) is 4.90 Å². The molecule has 0 unspecified atom stereocenters. The SMILES string of the molecule is C/C=C/C=C/[C@H]1O[C@H](c2ccccc2)[C@H](C)N1C. The van der Waals surface area contributed by atoms with Crippen LogP contribution in [0.1, 0.15) is 25.5 Å². The van der Waals surface area contributed by atoms with Gasteiger partial charge in [0.05, 0.1) is 0 Å². The fraction of sp³-hybridized carbons (Fsp3) is 0.375. The van der Waals surface area contributed by atoms with Gasteiger partial charge in [-0.1, -0.05) is 48.6 Å². The Morgan fingerprint density at radius 2 is 1.89 bits per heavy atom. The van der Waals surface area contributed by atoms with Crippen molar-refractivity contribution in [2.45, 2.75) is 32.2 Å². The van der Waals surface area contributed by atoms with E-state index in [1.54, 1.807) is 0 Å². The van der Waals surface area contributed by atoms with Gasteiger partial charge < -0.3 is 4.74 Å². The van der Waals surface area contributed by atoms with Gasteiger partial charge in [-0.25, -0.2) is 0 Å². The predicted molar refractivity (Wildman–Crippen MR) is 75.2 cm³/mol. The van der Waals surface area contributed by atoms with E-state index in [4.69, 9.17) is 4.74 Å². The summed E-state index contributed by atoms with van der Waals surface area (Å²) in [7, 11) is 2.11. The molecule has 1 aromatic carbocycles. The highest BCUT2D eigenvalue weighted by Gasteiger charge is 2.36. The molecule has 18 heavy (non-hydrogen) atoms. The average Bonchev–Trinajstić information content (AvgIpc) is 2.68. The van der Waals surface area contributed by atoms with E-state index in [2.05, 4.69) is 49.2 Å². The summed E-state index contributed by atoms with van der Waals surface area (Å²) in [6.07, 6.45) is 8.39. The Labute approximate surface area is 110 Å². The lowest BCUT2D eigenvalue weighted by molar-refractivity contribution is 0.0406. The van der Waals surface area contributed by atoms with Crippen LogP contribution in [-0.4, -0.2) is 24.2 Å². The molecular formula is C16H21NO. The second-order valence-corrected chi connectivity index (χ2v) is 4.67. The van der Waals surface area contributed by atoms with Gasteiger partial charge in [-0.2, -0.15) is 0 Å². The predicted octanol–water partition coefficient (Wildman–Crippen LogP) is 3.54. The zero-order valence-corrected chi connectivity index (χ0v) is 11.3. The number of hydrogen-bond donors (Lipinski definition) is 0. The second-order valence-electron chi connectivity index (χ2n) is 4.67. The molecule has 2 rings (SSSR count). The van der Waals surface area contributed by atoms with E-state index in [0.717, 1.165) is 0 Å². The monoisotopic (exact) mass is 243 g/mol. The van der Waals surface area contributed by atoms with E-state index in [1.807, 2.05) is 31.2 Å². The van der Waals surface area contributed by atoms with Crippen LogP contribution < -0.4 is 0 Å². The van der Waals surface area contributed by atoms with Gasteiger partial charge in [-0.05, 0) is 32.5 Å². The van der Waals surface area contributed by atoms with Crippen molar-refractivity contribution in [2.24, 2.45) is 0 Å². The van der Waals surface area contributed by atoms with Crippen LogP contribution in [0.5, 0.6) is 0 Å². The molecule has 1 heterocycles. The molecule has 2 heteroatoms. The molecule has 0 aliphatic carbocycles. The summed E-state index contributed by atoms with van der Waals surface area (Å²) in [4.78, 5) is 2.26. The number of likely N-dealkylation sites (N-methyl/N-ethyl adjacent to an activating group) is 1. The third-order valence-electron chi connectivity index (χ3n) is 3.48. The van der Waals surface area contributed by atoms with Crippen LogP contribution >= 0.6 is 0 Å². The standard InChI is InChI=1S/C16H21NO/c1-4-5-7-12-15-17(3)13(2)16(18-15)14-10-8-6-9-11-14/h4-13,15-16H,1-3H3/b5-4+,12-7+/t13-,15+,16-/m0/s1. The molecule has 3 atom stereocenters. The molecule has 0 aromatic heterocycles. The number of allylic oxidation sites excluding steroid dienone is 3. The van der Waals surface area contributed by atoms with Crippen LogP contribution in [-0.2, 0) is 4.74 Å². The number of ether oxygens (including phenoxy) is 1. The number of hydrogen-bond acceptors (Lipinski definition) is 2. The molecule has 0 N–H and O–H groups in total. The molecular weight excluding hydrogens is 222 g/mol. The van der Waals surface area contributed by atoms with Gasteiger partial charge in [0.2, 0.25) is 0 Å². The Bertz CT molecular complexity index is 424. The molecule has 0 spiro atoms. The van der Waals surface area contributed by atoms with E-state index in [1.165, 1.54) is 5.56 Å². The Balaban J connectivity index is 2.12. The molecule has 0 saturated carbocycles. The number of benzene rings is 1. The smallest absolute Gasteiger partial charge is 0.131 e. The lowest BCUT2D eigenvalue weighted by atomic mass is 10.0. The molecule has 1 aliphatic rings. The fourth-order valence-electron chi connectivity index (χ4n) is 2.26. The Morgan fingerprint density at radius 3 is 2.56 bits per heavy atom. The third-order valence-corrected chi connectivity index (χ3v) is 3.48. The van der Waals surface area contributed by atoms with Crippen LogP contribution in [0.4, 0.5) is 0 Å². The van der Waals surface area contributed by atoms with Crippen molar-refractivity contribution >= 4 is 0 Å². The zero-order chi connectivity index (χ0) is 13.0. The van der Waals surface area contributed by atoms with E-state index >= 15 is 0 Å². The van der Waals surface area contributed by atoms with Crippen LogP contribution in [0.25, 0.3) is 0 Å². The highest BCUT2D eigenvalue weighted by Crippen LogP contribution is 2.33. The highest BCUT2D eigenvalue weighted by atomic mass is 16.5. The van der Waals surface area contributed by atoms with Gasteiger partial charge >= 0.3 is 0 Å². The minimum atomic E-state index is 0.0569. The van der Waals surface area contributed by atoms with E-state index in [-0.39, 0.29) is 12.3 Å². The van der Waals surface area contributed by atoms with E-state index < -0.39 is 0 Å². The molecule has 1 aromatic rings. The molecule has 1 saturated heterocycles. The fourth-order valence-corrected chi connectivity index (χ4v) is 2.26. The van der Waals surface area contributed by atoms with Crippen molar-refractivity contribution in [1.29, 1.82) is 0 Å². The third kappa shape index (κ3) is 2.71. The van der Waals surface area contributed by atoms with Crippen molar-refractivity contribution < 1.29 is 4.74 Å². The van der Waals surface area contributed by atoms with Gasteiger partial charge in [0.1, 0.15) is 12.3 Å². The van der Waals surface area contributed by atoms with Crippen molar-refractivity contribution in [3.05, 3.63) is 60.2 Å². The lowest BCUT2D eigenvalue weighted by Gasteiger charge is -2.19. The lowest BCUT2D eigenvalue weighted by Crippen LogP contribution is -2.30. The minimum Gasteiger partial charge on any atom is -0.350 e. The molecule has 0 radical (unpaired) electrons. The molecule has 0 amide bonds. The summed E-state index contributed by atoms with van der Waals surface area (Å²) in [5.41, 5.74) is 1.25. The maximum absolute atomic E-state index is 6.12. The minimum absolute atomic E-state index is 0.0569. The summed E-state index contributed by atoms with van der Waals surface area (Å²) >= 11 is 0. The molecule has 0 bridgehead atoms. The first-order valence-corrected chi connectivity index (χ1v) is 6.46. The van der Waals surface area contributed by atoms with Gasteiger partial charge in [0.15, 0.2) is 0 Å². The summed E-state index contributed by atoms with van der Waals surface area (Å²) < 4.78 is 6.12. The quantitative estimate of drug-likeness (QED) is 0.753. The molecule has 1 fully saturated rings. The zero-order valence-electron chi connectivity index (χ0n) is 11.3. The van der Waals surface area contributed by atoms with Crippen molar-refractivity contribution in [2.75, 3.05) is 7.05 Å². The summed E-state index contributed by atoms with van der Waals surface area (Å²) in [6.45, 7) is 4.22. The summed E-state index contributed by atoms with van der Waals surface area (Å²) in [5.74, 6) is 0. The molecule has 2 nitrogen and oxygen atoms in total. The van der Waals surface area contributed by atoms with Gasteiger partial charge in [0.25, 0.3) is 0 Å². The van der Waals surface area contributed by atoms with Crippen LogP contribution in [0.15, 0.2) is 54.6 Å². The summed E-state index contributed by atoms with van der Waals surface area (Å²) in [5, 5.41) is 0. The van der Waals surface area contributed by atoms with Crippen molar-refractivity contribution in [1.82, 2.24) is 4.90 Å². The van der Waals surface area contributed by atoms with Gasteiger partial charge in [-0.15, -0.1) is 0 Å². The first-order valence-electron chi connectivity index (χ1n) is 6.46. The first kappa shape index (κ1) is 13.1. The second kappa shape index (κ2) is 5.98. The van der Waals surface area contributed by atoms with Crippen molar-refractivity contribution in [3.63, 3.8) is 0 Å². The van der Waals surface area contributed by atoms with Crippen LogP contribution in [0, 0.1) is 0 Å². The van der Waals surface area contributed by atoms with E-state index in [0.29, 0.717) is 6.04 Å². The number of rotatable bonds is 3. The van der Waals surface area contributed by atoms with Crippen LogP contribution in [0.2, 0.25) is 0 Å². The number of nitrogens with zero attached hydrogens (tertiary/aromatic N) is 1. The molecule has 96 valence electrons. The Hall–Kier alpha value is -1.38.